The quantitative estimate of drug-likeness (QED) is 0.373. The minimum atomic E-state index is -0.910. The van der Waals surface area contributed by atoms with Crippen LogP contribution < -0.4 is 21.3 Å². The van der Waals surface area contributed by atoms with Gasteiger partial charge >= 0.3 is 0 Å². The summed E-state index contributed by atoms with van der Waals surface area (Å²) in [6.07, 6.45) is 4.77. The molecule has 1 unspecified atom stereocenters. The first-order chi connectivity index (χ1) is 18.3. The zero-order valence-corrected chi connectivity index (χ0v) is 22.3. The molecular weight excluding hydrogens is 505 g/mol. The minimum Gasteiger partial charge on any atom is -0.395 e. The van der Waals surface area contributed by atoms with Crippen LogP contribution in [0.1, 0.15) is 70.8 Å². The van der Waals surface area contributed by atoms with Gasteiger partial charge in [-0.1, -0.05) is 44.0 Å². The van der Waals surface area contributed by atoms with Crippen LogP contribution in [0.5, 0.6) is 0 Å². The lowest BCUT2D eigenvalue weighted by molar-refractivity contribution is -0.122. The van der Waals surface area contributed by atoms with Gasteiger partial charge in [0.2, 0.25) is 5.91 Å². The second kappa shape index (κ2) is 12.2. The van der Waals surface area contributed by atoms with Crippen molar-refractivity contribution in [2.75, 3.05) is 10.6 Å². The van der Waals surface area contributed by atoms with Crippen molar-refractivity contribution in [2.45, 2.75) is 64.6 Å². The van der Waals surface area contributed by atoms with Gasteiger partial charge in [0.25, 0.3) is 11.8 Å². The number of anilines is 2. The van der Waals surface area contributed by atoms with E-state index in [0.717, 1.165) is 54.8 Å². The van der Waals surface area contributed by atoms with Crippen LogP contribution in [0.15, 0.2) is 48.5 Å². The molecule has 0 bridgehead atoms. The molecule has 1 atom stereocenters. The summed E-state index contributed by atoms with van der Waals surface area (Å²) in [5, 5.41) is 5.76. The van der Waals surface area contributed by atoms with Crippen molar-refractivity contribution in [2.24, 2.45) is 0 Å². The number of aryl methyl sites for hydroxylation is 1. The number of benzene rings is 2. The number of halogens is 1. The Bertz CT molecular complexity index is 1290. The largest absolute Gasteiger partial charge is 0.395 e. The average Bonchev–Trinajstić information content (AvgIpc) is 3.58. The van der Waals surface area contributed by atoms with Crippen LogP contribution in [0, 0.1) is 5.82 Å². The Labute approximate surface area is 225 Å². The number of carbonyl (C=O) groups excluding carboxylic acids is 3. The van der Waals surface area contributed by atoms with Crippen LogP contribution >= 0.6 is 11.5 Å². The Hall–Kier alpha value is -3.79. The lowest BCUT2D eigenvalue weighted by atomic mass is 10.1. The van der Waals surface area contributed by atoms with Crippen LogP contribution in [0.3, 0.4) is 0 Å². The number of aromatic nitrogens is 1. The second-order valence-corrected chi connectivity index (χ2v) is 10.2. The van der Waals surface area contributed by atoms with E-state index >= 15 is 0 Å². The molecule has 0 spiro atoms. The van der Waals surface area contributed by atoms with Crippen molar-refractivity contribution in [1.82, 2.24) is 15.0 Å². The number of nitrogen functional groups attached to an aromatic ring is 1. The third-order valence-electron chi connectivity index (χ3n) is 6.82. The molecule has 1 heterocycles. The number of rotatable bonds is 9. The topological polar surface area (TPSA) is 117 Å². The minimum absolute atomic E-state index is 0.00426. The standard InChI is InChI=1S/C28H32FN5O3S/c1-3-18-10-14-22(15-11-18)34(17(2)26(35)31-16-19-8-12-20(29)13-9-19)28(37)25-23(30)24(33-38-25)27(36)32-21-6-4-5-7-21/h8-15,17,21H,3-7,16,30H2,1-2H3,(H,31,35)(H,32,36). The smallest absolute Gasteiger partial charge is 0.273 e. The highest BCUT2D eigenvalue weighted by Gasteiger charge is 2.33. The Kier molecular flexibility index (Phi) is 8.73. The van der Waals surface area contributed by atoms with Crippen molar-refractivity contribution < 1.29 is 18.8 Å². The number of hydrogen-bond donors (Lipinski definition) is 3. The Morgan fingerprint density at radius 2 is 1.71 bits per heavy atom. The molecule has 1 saturated carbocycles. The van der Waals surface area contributed by atoms with Crippen LogP contribution in [0.2, 0.25) is 0 Å². The molecule has 200 valence electrons. The molecule has 38 heavy (non-hydrogen) atoms. The SMILES string of the molecule is CCc1ccc(N(C(=O)c2snc(C(=O)NC3CCCC3)c2N)C(C)C(=O)NCc2ccc(F)cc2)cc1. The van der Waals surface area contributed by atoms with E-state index in [-0.39, 0.29) is 34.7 Å². The van der Waals surface area contributed by atoms with E-state index in [1.807, 2.05) is 19.1 Å². The summed E-state index contributed by atoms with van der Waals surface area (Å²) in [4.78, 5) is 41.2. The Balaban J connectivity index is 1.57. The van der Waals surface area contributed by atoms with E-state index in [4.69, 9.17) is 5.73 Å². The average molecular weight is 538 g/mol. The monoisotopic (exact) mass is 537 g/mol. The third-order valence-corrected chi connectivity index (χ3v) is 7.67. The zero-order valence-electron chi connectivity index (χ0n) is 21.5. The van der Waals surface area contributed by atoms with Gasteiger partial charge in [0.1, 0.15) is 16.7 Å². The molecule has 1 aliphatic rings. The number of amides is 3. The fourth-order valence-electron chi connectivity index (χ4n) is 4.51. The molecular formula is C28H32FN5O3S. The molecule has 1 aliphatic carbocycles. The zero-order chi connectivity index (χ0) is 27.2. The maximum absolute atomic E-state index is 13.8. The highest BCUT2D eigenvalue weighted by atomic mass is 32.1. The molecule has 2 aromatic carbocycles. The summed E-state index contributed by atoms with van der Waals surface area (Å²) in [6.45, 7) is 3.82. The molecule has 3 aromatic rings. The highest BCUT2D eigenvalue weighted by molar-refractivity contribution is 7.09. The van der Waals surface area contributed by atoms with Gasteiger partial charge in [-0.3, -0.25) is 19.3 Å². The van der Waals surface area contributed by atoms with Gasteiger partial charge in [-0.15, -0.1) is 0 Å². The molecule has 4 rings (SSSR count). The van der Waals surface area contributed by atoms with Crippen LogP contribution in [-0.2, 0) is 17.8 Å². The summed E-state index contributed by atoms with van der Waals surface area (Å²) in [7, 11) is 0. The van der Waals surface area contributed by atoms with Crippen LogP contribution in [-0.4, -0.2) is 34.2 Å². The fraction of sp³-hybridized carbons (Fsp3) is 0.357. The summed E-state index contributed by atoms with van der Waals surface area (Å²) >= 11 is 0.848. The maximum atomic E-state index is 13.8. The summed E-state index contributed by atoms with van der Waals surface area (Å²) in [6, 6.07) is 12.4. The Morgan fingerprint density at radius 3 is 2.34 bits per heavy atom. The first-order valence-corrected chi connectivity index (χ1v) is 13.6. The summed E-state index contributed by atoms with van der Waals surface area (Å²) < 4.78 is 17.4. The molecule has 0 saturated heterocycles. The third kappa shape index (κ3) is 6.19. The van der Waals surface area contributed by atoms with E-state index in [1.54, 1.807) is 31.2 Å². The predicted octanol–water partition coefficient (Wildman–Crippen LogP) is 4.45. The van der Waals surface area contributed by atoms with Crippen molar-refractivity contribution in [3.8, 4) is 0 Å². The van der Waals surface area contributed by atoms with Gasteiger partial charge in [-0.05, 0) is 73.1 Å². The van der Waals surface area contributed by atoms with Gasteiger partial charge in [-0.25, -0.2) is 4.39 Å². The van der Waals surface area contributed by atoms with Crippen LogP contribution in [0.4, 0.5) is 15.8 Å². The first kappa shape index (κ1) is 27.3. The van der Waals surface area contributed by atoms with E-state index in [2.05, 4.69) is 15.0 Å². The molecule has 1 fully saturated rings. The fourth-order valence-corrected chi connectivity index (χ4v) is 5.25. The molecule has 0 aliphatic heterocycles. The van der Waals surface area contributed by atoms with Crippen LogP contribution in [0.25, 0.3) is 0 Å². The number of nitrogens with one attached hydrogen (secondary N) is 2. The first-order valence-electron chi connectivity index (χ1n) is 12.8. The maximum Gasteiger partial charge on any atom is 0.273 e. The van der Waals surface area contributed by atoms with Gasteiger partial charge < -0.3 is 16.4 Å². The molecule has 8 nitrogen and oxygen atoms in total. The van der Waals surface area contributed by atoms with Gasteiger partial charge in [-0.2, -0.15) is 4.37 Å². The highest BCUT2D eigenvalue weighted by Crippen LogP contribution is 2.29. The lowest BCUT2D eigenvalue weighted by Gasteiger charge is -2.28. The normalized spacial score (nSPS) is 14.2. The Morgan fingerprint density at radius 1 is 1.08 bits per heavy atom. The number of carbonyl (C=O) groups is 3. The van der Waals surface area contributed by atoms with Crippen molar-refractivity contribution in [3.63, 3.8) is 0 Å². The number of hydrogen-bond acceptors (Lipinski definition) is 6. The molecule has 10 heteroatoms. The number of nitrogens with two attached hydrogens (primary N) is 1. The van der Waals surface area contributed by atoms with Crippen molar-refractivity contribution in [1.29, 1.82) is 0 Å². The van der Waals surface area contributed by atoms with E-state index in [0.29, 0.717) is 5.69 Å². The second-order valence-electron chi connectivity index (χ2n) is 9.44. The molecule has 4 N–H and O–H groups in total. The van der Waals surface area contributed by atoms with E-state index < -0.39 is 23.8 Å². The van der Waals surface area contributed by atoms with Crippen molar-refractivity contribution >= 4 is 40.6 Å². The molecule has 3 amide bonds. The lowest BCUT2D eigenvalue weighted by Crippen LogP contribution is -2.48. The van der Waals surface area contributed by atoms with Gasteiger partial charge in [0.05, 0.1) is 5.69 Å². The van der Waals surface area contributed by atoms with Gasteiger partial charge in [0, 0.05) is 18.3 Å². The molecule has 0 radical (unpaired) electrons. The number of nitrogens with zero attached hydrogens (tertiary/aromatic N) is 2. The van der Waals surface area contributed by atoms with Gasteiger partial charge in [0.15, 0.2) is 5.69 Å². The van der Waals surface area contributed by atoms with E-state index in [1.165, 1.54) is 17.0 Å². The van der Waals surface area contributed by atoms with E-state index in [9.17, 15) is 18.8 Å². The summed E-state index contributed by atoms with van der Waals surface area (Å²) in [5.74, 6) is -1.68. The van der Waals surface area contributed by atoms with Crippen molar-refractivity contribution in [3.05, 3.63) is 76.0 Å². The molecule has 1 aromatic heterocycles. The predicted molar refractivity (Wildman–Crippen MR) is 147 cm³/mol. The summed E-state index contributed by atoms with van der Waals surface area (Å²) in [5.41, 5.74) is 8.62.